The first-order valence-corrected chi connectivity index (χ1v) is 11.2. The number of ether oxygens (including phenoxy) is 2. The van der Waals surface area contributed by atoms with E-state index in [1.54, 1.807) is 7.11 Å². The summed E-state index contributed by atoms with van der Waals surface area (Å²) in [5.41, 5.74) is 2.70. The lowest BCUT2D eigenvalue weighted by Crippen LogP contribution is -2.50. The molecule has 2 saturated heterocycles. The predicted molar refractivity (Wildman–Crippen MR) is 123 cm³/mol. The molecule has 8 heteroatoms. The van der Waals surface area contributed by atoms with Crippen LogP contribution in [0.1, 0.15) is 35.1 Å². The Morgan fingerprint density at radius 1 is 0.941 bits per heavy atom. The molecule has 0 aromatic heterocycles. The molecule has 5 atom stereocenters. The van der Waals surface area contributed by atoms with Gasteiger partial charge in [0, 0.05) is 17.3 Å². The van der Waals surface area contributed by atoms with Crippen LogP contribution in [0.3, 0.4) is 0 Å². The molecule has 34 heavy (non-hydrogen) atoms. The van der Waals surface area contributed by atoms with Gasteiger partial charge in [0.2, 0.25) is 0 Å². The van der Waals surface area contributed by atoms with Crippen molar-refractivity contribution in [2.75, 3.05) is 7.11 Å². The number of fused-ring (bicyclic) bond motifs is 1. The fourth-order valence-corrected chi connectivity index (χ4v) is 4.71. The van der Waals surface area contributed by atoms with E-state index < -0.39 is 24.5 Å². The van der Waals surface area contributed by atoms with Gasteiger partial charge in [0.1, 0.15) is 11.8 Å². The van der Waals surface area contributed by atoms with E-state index in [2.05, 4.69) is 0 Å². The van der Waals surface area contributed by atoms with E-state index in [9.17, 15) is 10.1 Å². The summed E-state index contributed by atoms with van der Waals surface area (Å²) in [4.78, 5) is 24.1. The maximum absolute atomic E-state index is 12.3. The third-order valence-electron chi connectivity index (χ3n) is 6.40. The summed E-state index contributed by atoms with van der Waals surface area (Å²) in [5.74, 6) is 0.563. The van der Waals surface area contributed by atoms with Crippen molar-refractivity contribution in [2.24, 2.45) is 0 Å². The quantitative estimate of drug-likeness (QED) is 0.373. The molecule has 2 aliphatic rings. The van der Waals surface area contributed by atoms with Crippen molar-refractivity contribution in [3.8, 4) is 5.75 Å². The topological polar surface area (TPSA) is 83.3 Å². The highest BCUT2D eigenvalue weighted by Crippen LogP contribution is 2.46. The van der Waals surface area contributed by atoms with Gasteiger partial charge in [-0.1, -0.05) is 78.0 Å². The first-order chi connectivity index (χ1) is 16.6. The van der Waals surface area contributed by atoms with Crippen molar-refractivity contribution in [2.45, 2.75) is 43.4 Å². The Balaban J connectivity index is 1.41. The van der Waals surface area contributed by atoms with E-state index in [-0.39, 0.29) is 10.8 Å². The fraction of sp³-hybridized carbons (Fsp3) is 0.308. The lowest BCUT2D eigenvalue weighted by atomic mass is 9.82. The highest BCUT2D eigenvalue weighted by molar-refractivity contribution is 5.27. The molecule has 0 radical (unpaired) electrons. The third-order valence-corrected chi connectivity index (χ3v) is 6.40. The Kier molecular flexibility index (Phi) is 6.55. The van der Waals surface area contributed by atoms with Crippen molar-refractivity contribution in [1.29, 1.82) is 0 Å². The minimum Gasteiger partial charge on any atom is -0.497 e. The molecule has 0 unspecified atom stereocenters. The summed E-state index contributed by atoms with van der Waals surface area (Å²) in [6.45, 7) is 0.329. The summed E-state index contributed by atoms with van der Waals surface area (Å²) in [6, 6.07) is 25.1. The largest absolute Gasteiger partial charge is 0.497 e. The van der Waals surface area contributed by atoms with E-state index in [1.807, 2.05) is 84.9 Å². The van der Waals surface area contributed by atoms with Gasteiger partial charge in [-0.25, -0.2) is 4.84 Å². The Morgan fingerprint density at radius 2 is 1.59 bits per heavy atom. The number of hydrogen-bond acceptors (Lipinski definition) is 7. The van der Waals surface area contributed by atoms with Crippen LogP contribution in [0.4, 0.5) is 0 Å². The smallest absolute Gasteiger partial charge is 0.265 e. The first kappa shape index (κ1) is 22.5. The number of methoxy groups -OCH3 is 1. The highest BCUT2D eigenvalue weighted by atomic mass is 17.0. The van der Waals surface area contributed by atoms with Gasteiger partial charge in [-0.05, 0) is 28.8 Å². The molecule has 3 aromatic carbocycles. The molecule has 2 aliphatic heterocycles. The molecule has 3 aromatic rings. The van der Waals surface area contributed by atoms with Crippen molar-refractivity contribution >= 4 is 0 Å². The van der Waals surface area contributed by atoms with E-state index in [4.69, 9.17) is 19.1 Å². The van der Waals surface area contributed by atoms with Gasteiger partial charge >= 0.3 is 0 Å². The SMILES string of the molecule is COc1ccc(CO[C@H]2C[C@@H](c3ccccc3)[C@@H]3[C@@H]([N+](=O)[O-])[C@@H](c4ccccc4)ON3O2)cc1. The standard InChI is InChI=1S/C26H26N2O6/c1-31-21-14-12-18(13-15-21)17-32-23-16-22(19-8-4-2-5-9-19)24-25(27(29)30)26(34-28(24)33-23)20-10-6-3-7-11-20/h2-15,22-26H,16-17H2,1H3/t22-,23+,24+,25+,26+/m0/s1. The van der Waals surface area contributed by atoms with Gasteiger partial charge in [-0.2, -0.15) is 0 Å². The summed E-state index contributed by atoms with van der Waals surface area (Å²) in [6.07, 6.45) is -0.908. The minimum atomic E-state index is -0.991. The molecular formula is C26H26N2O6. The highest BCUT2D eigenvalue weighted by Gasteiger charge is 2.59. The monoisotopic (exact) mass is 462 g/mol. The molecule has 0 aliphatic carbocycles. The van der Waals surface area contributed by atoms with E-state index in [1.165, 1.54) is 5.23 Å². The van der Waals surface area contributed by atoms with Crippen LogP contribution in [0.15, 0.2) is 84.9 Å². The van der Waals surface area contributed by atoms with Crippen LogP contribution in [-0.2, 0) is 21.0 Å². The number of hydrogen-bond donors (Lipinski definition) is 0. The second-order valence-electron chi connectivity index (χ2n) is 8.44. The molecule has 0 saturated carbocycles. The molecule has 5 rings (SSSR count). The Morgan fingerprint density at radius 3 is 2.21 bits per heavy atom. The van der Waals surface area contributed by atoms with Crippen molar-refractivity contribution in [3.63, 3.8) is 0 Å². The van der Waals surface area contributed by atoms with Crippen LogP contribution < -0.4 is 4.74 Å². The van der Waals surface area contributed by atoms with E-state index >= 15 is 0 Å². The van der Waals surface area contributed by atoms with E-state index in [0.717, 1.165) is 22.4 Å². The number of rotatable bonds is 7. The van der Waals surface area contributed by atoms with Crippen LogP contribution in [0, 0.1) is 10.1 Å². The molecule has 0 N–H and O–H groups in total. The molecule has 8 nitrogen and oxygen atoms in total. The molecule has 176 valence electrons. The summed E-state index contributed by atoms with van der Waals surface area (Å²) in [5, 5.41) is 13.6. The third kappa shape index (κ3) is 4.53. The van der Waals surface area contributed by atoms with Gasteiger partial charge in [-0.3, -0.25) is 15.0 Å². The lowest BCUT2D eigenvalue weighted by molar-refractivity contribution is -0.533. The number of nitrogens with zero attached hydrogens (tertiary/aromatic N) is 2. The number of benzene rings is 3. The fourth-order valence-electron chi connectivity index (χ4n) is 4.71. The second kappa shape index (κ2) is 9.90. The van der Waals surface area contributed by atoms with Gasteiger partial charge in [0.25, 0.3) is 6.04 Å². The average Bonchev–Trinajstić information content (AvgIpc) is 3.28. The number of nitro groups is 1. The average molecular weight is 463 g/mol. The Bertz CT molecular complexity index is 1100. The molecule has 2 heterocycles. The first-order valence-electron chi connectivity index (χ1n) is 11.2. The second-order valence-corrected chi connectivity index (χ2v) is 8.44. The van der Waals surface area contributed by atoms with Crippen LogP contribution in [0.25, 0.3) is 0 Å². The zero-order valence-electron chi connectivity index (χ0n) is 18.7. The zero-order chi connectivity index (χ0) is 23.5. The molecule has 2 fully saturated rings. The summed E-state index contributed by atoms with van der Waals surface area (Å²) in [7, 11) is 1.62. The molecule has 0 amide bonds. The Labute approximate surface area is 197 Å². The van der Waals surface area contributed by atoms with Crippen LogP contribution >= 0.6 is 0 Å². The van der Waals surface area contributed by atoms with Gasteiger partial charge in [0.15, 0.2) is 12.4 Å². The number of hydroxylamine groups is 2. The zero-order valence-corrected chi connectivity index (χ0v) is 18.7. The van der Waals surface area contributed by atoms with Gasteiger partial charge in [0.05, 0.1) is 13.7 Å². The van der Waals surface area contributed by atoms with Crippen molar-refractivity contribution < 1.29 is 24.1 Å². The molecule has 0 spiro atoms. The van der Waals surface area contributed by atoms with Crippen LogP contribution in [0.5, 0.6) is 5.75 Å². The summed E-state index contributed by atoms with van der Waals surface area (Å²) >= 11 is 0. The van der Waals surface area contributed by atoms with Crippen LogP contribution in [-0.4, -0.2) is 35.6 Å². The predicted octanol–water partition coefficient (Wildman–Crippen LogP) is 4.66. The maximum atomic E-state index is 12.3. The molecule has 0 bridgehead atoms. The minimum absolute atomic E-state index is 0.208. The van der Waals surface area contributed by atoms with Crippen molar-refractivity contribution in [1.82, 2.24) is 5.23 Å². The molecular weight excluding hydrogens is 436 g/mol. The van der Waals surface area contributed by atoms with Gasteiger partial charge < -0.3 is 9.47 Å². The van der Waals surface area contributed by atoms with Crippen LogP contribution in [0.2, 0.25) is 0 Å². The Hall–Kier alpha value is -3.30. The summed E-state index contributed by atoms with van der Waals surface area (Å²) < 4.78 is 11.3. The maximum Gasteiger partial charge on any atom is 0.265 e. The van der Waals surface area contributed by atoms with E-state index in [0.29, 0.717) is 13.0 Å². The normalized spacial score (nSPS) is 26.7. The van der Waals surface area contributed by atoms with Gasteiger partial charge in [-0.15, -0.1) is 0 Å². The van der Waals surface area contributed by atoms with Crippen molar-refractivity contribution in [3.05, 3.63) is 112 Å². The lowest BCUT2D eigenvalue weighted by Gasteiger charge is -2.38.